The molecule has 1 aliphatic heterocycles. The number of rotatable bonds is 6. The molecule has 0 bridgehead atoms. The molecule has 1 aliphatic rings. The highest BCUT2D eigenvalue weighted by atomic mass is 16.5. The Morgan fingerprint density at radius 3 is 2.82 bits per heavy atom. The van der Waals surface area contributed by atoms with E-state index in [1.165, 1.54) is 0 Å². The molecule has 17 heavy (non-hydrogen) atoms. The maximum absolute atomic E-state index is 11.5. The Morgan fingerprint density at radius 2 is 2.24 bits per heavy atom. The zero-order chi connectivity index (χ0) is 12.7. The van der Waals surface area contributed by atoms with Crippen LogP contribution in [-0.2, 0) is 9.53 Å². The number of likely N-dealkylation sites (N-methyl/N-ethyl adjacent to an activating group) is 1. The quantitative estimate of drug-likeness (QED) is 0.631. The molecule has 0 spiro atoms. The molecule has 5 heteroatoms. The van der Waals surface area contributed by atoms with Crippen molar-refractivity contribution < 1.29 is 14.6 Å². The highest BCUT2D eigenvalue weighted by molar-refractivity contribution is 5.78. The summed E-state index contributed by atoms with van der Waals surface area (Å²) in [5.41, 5.74) is -0.717. The molecule has 98 valence electrons. The molecule has 0 aromatic carbocycles. The molecule has 0 aromatic heterocycles. The predicted octanol–water partition coefficient (Wildman–Crippen LogP) is -0.238. The van der Waals surface area contributed by atoms with Crippen molar-refractivity contribution in [1.29, 1.82) is 0 Å². The summed E-state index contributed by atoms with van der Waals surface area (Å²) in [5.74, 6) is -0.0527. The molecule has 0 atom stereocenters. The molecule has 0 saturated carbocycles. The summed E-state index contributed by atoms with van der Waals surface area (Å²) in [6.45, 7) is 5.98. The van der Waals surface area contributed by atoms with Crippen LogP contribution in [0.4, 0.5) is 0 Å². The van der Waals surface area contributed by atoms with E-state index >= 15 is 0 Å². The first kappa shape index (κ1) is 14.2. The Balaban J connectivity index is 2.29. The predicted molar refractivity (Wildman–Crippen MR) is 65.7 cm³/mol. The third-order valence-electron chi connectivity index (χ3n) is 2.84. The third-order valence-corrected chi connectivity index (χ3v) is 2.84. The largest absolute Gasteiger partial charge is 0.388 e. The van der Waals surface area contributed by atoms with Crippen molar-refractivity contribution in [2.75, 3.05) is 39.9 Å². The molecule has 0 unspecified atom stereocenters. The molecular weight excluding hydrogens is 220 g/mol. The Labute approximate surface area is 102 Å². The van der Waals surface area contributed by atoms with Crippen LogP contribution in [0, 0.1) is 0 Å². The Hall–Kier alpha value is -0.910. The van der Waals surface area contributed by atoms with E-state index in [2.05, 4.69) is 11.9 Å². The lowest BCUT2D eigenvalue weighted by Crippen LogP contribution is -2.48. The number of nitrogens with zero attached hydrogens (tertiary/aromatic N) is 1. The highest BCUT2D eigenvalue weighted by Gasteiger charge is 2.31. The summed E-state index contributed by atoms with van der Waals surface area (Å²) in [4.78, 5) is 13.3. The van der Waals surface area contributed by atoms with Crippen LogP contribution in [0.2, 0.25) is 0 Å². The van der Waals surface area contributed by atoms with E-state index in [4.69, 9.17) is 4.74 Å². The Bertz CT molecular complexity index is 262. The van der Waals surface area contributed by atoms with E-state index in [0.717, 1.165) is 0 Å². The molecule has 5 nitrogen and oxygen atoms in total. The number of carbonyl (C=O) groups is 1. The molecule has 1 heterocycles. The summed E-state index contributed by atoms with van der Waals surface area (Å²) in [7, 11) is 1.83. The third kappa shape index (κ3) is 5.30. The van der Waals surface area contributed by atoms with Gasteiger partial charge >= 0.3 is 0 Å². The van der Waals surface area contributed by atoms with Gasteiger partial charge in [0.2, 0.25) is 5.91 Å². The van der Waals surface area contributed by atoms with Gasteiger partial charge in [-0.3, -0.25) is 9.69 Å². The number of nitrogens with one attached hydrogen (secondary N) is 1. The van der Waals surface area contributed by atoms with Crippen molar-refractivity contribution in [2.45, 2.75) is 18.4 Å². The van der Waals surface area contributed by atoms with E-state index in [-0.39, 0.29) is 12.5 Å². The Kier molecular flexibility index (Phi) is 5.61. The molecule has 1 fully saturated rings. The summed E-state index contributed by atoms with van der Waals surface area (Å²) in [5, 5.41) is 13.0. The maximum Gasteiger partial charge on any atom is 0.234 e. The number of aliphatic hydroxyl groups is 1. The van der Waals surface area contributed by atoms with Crippen LogP contribution in [0.15, 0.2) is 12.7 Å². The van der Waals surface area contributed by atoms with Crippen LogP contribution in [0.5, 0.6) is 0 Å². The topological polar surface area (TPSA) is 61.8 Å². The minimum atomic E-state index is -0.717. The van der Waals surface area contributed by atoms with Crippen molar-refractivity contribution in [2.24, 2.45) is 0 Å². The normalized spacial score (nSPS) is 19.0. The van der Waals surface area contributed by atoms with Crippen molar-refractivity contribution in [3.8, 4) is 0 Å². The fourth-order valence-corrected chi connectivity index (χ4v) is 1.95. The van der Waals surface area contributed by atoms with Crippen LogP contribution in [-0.4, -0.2) is 61.4 Å². The lowest BCUT2D eigenvalue weighted by molar-refractivity contribution is -0.123. The van der Waals surface area contributed by atoms with Crippen LogP contribution in [0.1, 0.15) is 12.8 Å². The minimum absolute atomic E-state index is 0.0527. The van der Waals surface area contributed by atoms with E-state index in [1.54, 1.807) is 6.08 Å². The average molecular weight is 242 g/mol. The van der Waals surface area contributed by atoms with E-state index in [9.17, 15) is 9.90 Å². The van der Waals surface area contributed by atoms with Crippen LogP contribution < -0.4 is 5.32 Å². The highest BCUT2D eigenvalue weighted by Crippen LogP contribution is 2.20. The summed E-state index contributed by atoms with van der Waals surface area (Å²) >= 11 is 0. The first-order valence-electron chi connectivity index (χ1n) is 5.92. The number of amides is 1. The Morgan fingerprint density at radius 1 is 1.59 bits per heavy atom. The van der Waals surface area contributed by atoms with Gasteiger partial charge in [0, 0.05) is 39.1 Å². The van der Waals surface area contributed by atoms with E-state index in [1.807, 2.05) is 11.9 Å². The van der Waals surface area contributed by atoms with Crippen molar-refractivity contribution in [1.82, 2.24) is 10.2 Å². The number of hydrogen-bond donors (Lipinski definition) is 2. The van der Waals surface area contributed by atoms with Gasteiger partial charge in [0.05, 0.1) is 12.1 Å². The first-order chi connectivity index (χ1) is 8.06. The number of hydrogen-bond acceptors (Lipinski definition) is 4. The lowest BCUT2D eigenvalue weighted by Gasteiger charge is -2.35. The summed E-state index contributed by atoms with van der Waals surface area (Å²) < 4.78 is 5.21. The standard InChI is InChI=1S/C12H22N2O3/c1-3-6-13-11(15)9-14(2)10-12(16)4-7-17-8-5-12/h3,16H,1,4-10H2,2H3,(H,13,15). The van der Waals surface area contributed by atoms with Gasteiger partial charge in [-0.25, -0.2) is 0 Å². The maximum atomic E-state index is 11.5. The van der Waals surface area contributed by atoms with Gasteiger partial charge in [-0.15, -0.1) is 6.58 Å². The molecule has 0 radical (unpaired) electrons. The lowest BCUT2D eigenvalue weighted by atomic mass is 9.94. The zero-order valence-electron chi connectivity index (χ0n) is 10.4. The number of ether oxygens (including phenoxy) is 1. The molecule has 0 aromatic rings. The number of carbonyl (C=O) groups excluding carboxylic acids is 1. The van der Waals surface area contributed by atoms with Gasteiger partial charge in [0.15, 0.2) is 0 Å². The zero-order valence-corrected chi connectivity index (χ0v) is 10.4. The molecule has 1 amide bonds. The molecule has 1 saturated heterocycles. The second-order valence-corrected chi connectivity index (χ2v) is 4.60. The second kappa shape index (κ2) is 6.74. The fraction of sp³-hybridized carbons (Fsp3) is 0.750. The molecule has 0 aliphatic carbocycles. The van der Waals surface area contributed by atoms with Gasteiger partial charge in [-0.2, -0.15) is 0 Å². The van der Waals surface area contributed by atoms with Crippen molar-refractivity contribution in [3.05, 3.63) is 12.7 Å². The summed E-state index contributed by atoms with van der Waals surface area (Å²) in [6.07, 6.45) is 2.90. The van der Waals surface area contributed by atoms with Crippen LogP contribution in [0.25, 0.3) is 0 Å². The average Bonchev–Trinajstić information content (AvgIpc) is 2.26. The van der Waals surface area contributed by atoms with Gasteiger partial charge < -0.3 is 15.2 Å². The molecule has 2 N–H and O–H groups in total. The van der Waals surface area contributed by atoms with E-state index in [0.29, 0.717) is 39.1 Å². The van der Waals surface area contributed by atoms with Gasteiger partial charge in [-0.1, -0.05) is 6.08 Å². The smallest absolute Gasteiger partial charge is 0.234 e. The minimum Gasteiger partial charge on any atom is -0.388 e. The van der Waals surface area contributed by atoms with Gasteiger partial charge in [-0.05, 0) is 7.05 Å². The monoisotopic (exact) mass is 242 g/mol. The van der Waals surface area contributed by atoms with E-state index < -0.39 is 5.60 Å². The van der Waals surface area contributed by atoms with Crippen LogP contribution >= 0.6 is 0 Å². The fourth-order valence-electron chi connectivity index (χ4n) is 1.95. The van der Waals surface area contributed by atoms with Crippen molar-refractivity contribution >= 4 is 5.91 Å². The van der Waals surface area contributed by atoms with Gasteiger partial charge in [0.25, 0.3) is 0 Å². The molecular formula is C12H22N2O3. The summed E-state index contributed by atoms with van der Waals surface area (Å²) in [6, 6.07) is 0. The van der Waals surface area contributed by atoms with Crippen molar-refractivity contribution in [3.63, 3.8) is 0 Å². The molecule has 1 rings (SSSR count). The SMILES string of the molecule is C=CCNC(=O)CN(C)CC1(O)CCOCC1. The van der Waals surface area contributed by atoms with Gasteiger partial charge in [0.1, 0.15) is 0 Å². The van der Waals surface area contributed by atoms with Crippen LogP contribution in [0.3, 0.4) is 0 Å². The first-order valence-corrected chi connectivity index (χ1v) is 5.92. The second-order valence-electron chi connectivity index (χ2n) is 4.60.